The minimum absolute atomic E-state index is 0.203. The van der Waals surface area contributed by atoms with Crippen LogP contribution < -0.4 is 5.32 Å². The van der Waals surface area contributed by atoms with E-state index in [1.54, 1.807) is 24.3 Å². The summed E-state index contributed by atoms with van der Waals surface area (Å²) in [6, 6.07) is 12.4. The van der Waals surface area contributed by atoms with Gasteiger partial charge in [0.25, 0.3) is 5.91 Å². The standard InChI is InChI=1S/C14H10BrCl2NO/c15-11-5-6-13(12(17)7-11)18-14(19)10-3-1-9(8-16)2-4-10/h1-7H,8H2,(H,18,19). The summed E-state index contributed by atoms with van der Waals surface area (Å²) in [5, 5.41) is 3.25. The predicted octanol–water partition coefficient (Wildman–Crippen LogP) is 5.09. The Morgan fingerprint density at radius 3 is 2.42 bits per heavy atom. The summed E-state index contributed by atoms with van der Waals surface area (Å²) in [5.74, 6) is 0.228. The van der Waals surface area contributed by atoms with Gasteiger partial charge in [-0.3, -0.25) is 4.79 Å². The van der Waals surface area contributed by atoms with E-state index in [-0.39, 0.29) is 5.91 Å². The zero-order valence-corrected chi connectivity index (χ0v) is 12.9. The fourth-order valence-electron chi connectivity index (χ4n) is 1.53. The Hall–Kier alpha value is -1.03. The van der Waals surface area contributed by atoms with E-state index in [0.717, 1.165) is 10.0 Å². The molecule has 0 saturated carbocycles. The number of hydrogen-bond donors (Lipinski definition) is 1. The number of amides is 1. The number of benzene rings is 2. The second kappa shape index (κ2) is 6.42. The lowest BCUT2D eigenvalue weighted by atomic mass is 10.1. The molecule has 0 unspecified atom stereocenters. The van der Waals surface area contributed by atoms with Crippen LogP contribution >= 0.6 is 39.1 Å². The summed E-state index contributed by atoms with van der Waals surface area (Å²) in [6.45, 7) is 0. The summed E-state index contributed by atoms with van der Waals surface area (Å²) < 4.78 is 0.863. The first kappa shape index (κ1) is 14.4. The van der Waals surface area contributed by atoms with Crippen molar-refractivity contribution >= 4 is 50.7 Å². The number of rotatable bonds is 3. The highest BCUT2D eigenvalue weighted by Gasteiger charge is 2.08. The third-order valence-electron chi connectivity index (χ3n) is 2.55. The van der Waals surface area contributed by atoms with Gasteiger partial charge in [0, 0.05) is 15.9 Å². The lowest BCUT2D eigenvalue weighted by Crippen LogP contribution is -2.12. The van der Waals surface area contributed by atoms with Crippen molar-refractivity contribution in [3.8, 4) is 0 Å². The quantitative estimate of drug-likeness (QED) is 0.760. The Labute approximate surface area is 129 Å². The monoisotopic (exact) mass is 357 g/mol. The van der Waals surface area contributed by atoms with Crippen LogP contribution in [0.25, 0.3) is 0 Å². The van der Waals surface area contributed by atoms with E-state index in [0.29, 0.717) is 22.2 Å². The van der Waals surface area contributed by atoms with E-state index < -0.39 is 0 Å². The van der Waals surface area contributed by atoms with Gasteiger partial charge in [-0.25, -0.2) is 0 Å². The third kappa shape index (κ3) is 3.72. The molecular formula is C14H10BrCl2NO. The van der Waals surface area contributed by atoms with Crippen LogP contribution in [0.5, 0.6) is 0 Å². The molecule has 1 amide bonds. The average molecular weight is 359 g/mol. The molecule has 0 bridgehead atoms. The van der Waals surface area contributed by atoms with Crippen molar-refractivity contribution in [1.29, 1.82) is 0 Å². The maximum Gasteiger partial charge on any atom is 0.255 e. The minimum atomic E-state index is -0.203. The lowest BCUT2D eigenvalue weighted by Gasteiger charge is -2.08. The predicted molar refractivity (Wildman–Crippen MR) is 83.1 cm³/mol. The van der Waals surface area contributed by atoms with Gasteiger partial charge in [0.15, 0.2) is 0 Å². The van der Waals surface area contributed by atoms with Crippen molar-refractivity contribution in [3.63, 3.8) is 0 Å². The first-order valence-corrected chi connectivity index (χ1v) is 7.22. The van der Waals surface area contributed by atoms with E-state index in [2.05, 4.69) is 21.2 Å². The van der Waals surface area contributed by atoms with Crippen LogP contribution in [0.1, 0.15) is 15.9 Å². The Morgan fingerprint density at radius 2 is 1.84 bits per heavy atom. The normalized spacial score (nSPS) is 10.3. The van der Waals surface area contributed by atoms with Crippen LogP contribution in [0.4, 0.5) is 5.69 Å². The Kier molecular flexibility index (Phi) is 4.86. The molecule has 2 rings (SSSR count). The van der Waals surface area contributed by atoms with Gasteiger partial charge >= 0.3 is 0 Å². The lowest BCUT2D eigenvalue weighted by molar-refractivity contribution is 0.102. The maximum absolute atomic E-state index is 12.0. The first-order chi connectivity index (χ1) is 9.10. The number of nitrogens with one attached hydrogen (secondary N) is 1. The number of alkyl halides is 1. The third-order valence-corrected chi connectivity index (χ3v) is 3.66. The van der Waals surface area contributed by atoms with Crippen molar-refractivity contribution in [2.75, 3.05) is 5.32 Å². The molecule has 0 aliphatic heterocycles. The Balaban J connectivity index is 2.15. The second-order valence-electron chi connectivity index (χ2n) is 3.91. The van der Waals surface area contributed by atoms with E-state index in [4.69, 9.17) is 23.2 Å². The van der Waals surface area contributed by atoms with Crippen LogP contribution in [0.15, 0.2) is 46.9 Å². The topological polar surface area (TPSA) is 29.1 Å². The molecule has 0 fully saturated rings. The SMILES string of the molecule is O=C(Nc1ccc(Br)cc1Cl)c1ccc(CCl)cc1. The molecule has 98 valence electrons. The zero-order chi connectivity index (χ0) is 13.8. The van der Waals surface area contributed by atoms with Crippen LogP contribution in [0.3, 0.4) is 0 Å². The average Bonchev–Trinajstić information content (AvgIpc) is 2.42. The molecule has 2 aromatic rings. The maximum atomic E-state index is 12.0. The van der Waals surface area contributed by atoms with Gasteiger partial charge in [-0.15, -0.1) is 11.6 Å². The van der Waals surface area contributed by atoms with Crippen molar-refractivity contribution in [2.24, 2.45) is 0 Å². The molecule has 0 saturated heterocycles. The number of anilines is 1. The van der Waals surface area contributed by atoms with Gasteiger partial charge in [0.2, 0.25) is 0 Å². The van der Waals surface area contributed by atoms with E-state index >= 15 is 0 Å². The number of hydrogen-bond acceptors (Lipinski definition) is 1. The molecule has 2 nitrogen and oxygen atoms in total. The zero-order valence-electron chi connectivity index (χ0n) is 9.79. The summed E-state index contributed by atoms with van der Waals surface area (Å²) in [5.41, 5.74) is 2.11. The molecule has 0 radical (unpaired) electrons. The molecule has 0 aliphatic rings. The molecule has 0 spiro atoms. The molecule has 0 heterocycles. The molecular weight excluding hydrogens is 349 g/mol. The Morgan fingerprint density at radius 1 is 1.16 bits per heavy atom. The molecule has 0 aliphatic carbocycles. The van der Waals surface area contributed by atoms with Crippen LogP contribution in [0, 0.1) is 0 Å². The molecule has 0 aromatic heterocycles. The molecule has 19 heavy (non-hydrogen) atoms. The fraction of sp³-hybridized carbons (Fsp3) is 0.0714. The number of carbonyl (C=O) groups is 1. The molecule has 0 atom stereocenters. The van der Waals surface area contributed by atoms with Crippen molar-refractivity contribution in [1.82, 2.24) is 0 Å². The smallest absolute Gasteiger partial charge is 0.255 e. The van der Waals surface area contributed by atoms with Gasteiger partial charge in [-0.1, -0.05) is 39.7 Å². The van der Waals surface area contributed by atoms with Gasteiger partial charge < -0.3 is 5.32 Å². The first-order valence-electron chi connectivity index (χ1n) is 5.51. The van der Waals surface area contributed by atoms with Crippen molar-refractivity contribution < 1.29 is 4.79 Å². The summed E-state index contributed by atoms with van der Waals surface area (Å²) in [6.07, 6.45) is 0. The van der Waals surface area contributed by atoms with Gasteiger partial charge in [0.1, 0.15) is 0 Å². The van der Waals surface area contributed by atoms with Gasteiger partial charge in [-0.2, -0.15) is 0 Å². The molecule has 2 aromatic carbocycles. The number of halogens is 3. The van der Waals surface area contributed by atoms with Crippen molar-refractivity contribution in [3.05, 3.63) is 63.1 Å². The van der Waals surface area contributed by atoms with Crippen LogP contribution in [-0.4, -0.2) is 5.91 Å². The van der Waals surface area contributed by atoms with Gasteiger partial charge in [-0.05, 0) is 35.9 Å². The summed E-state index contributed by atoms with van der Waals surface area (Å²) in [4.78, 5) is 12.0. The number of carbonyl (C=O) groups excluding carboxylic acids is 1. The highest BCUT2D eigenvalue weighted by molar-refractivity contribution is 9.10. The largest absolute Gasteiger partial charge is 0.321 e. The van der Waals surface area contributed by atoms with Crippen molar-refractivity contribution in [2.45, 2.75) is 5.88 Å². The fourth-order valence-corrected chi connectivity index (χ4v) is 2.43. The van der Waals surface area contributed by atoms with Crippen LogP contribution in [-0.2, 0) is 5.88 Å². The van der Waals surface area contributed by atoms with Gasteiger partial charge in [0.05, 0.1) is 10.7 Å². The second-order valence-corrected chi connectivity index (χ2v) is 5.50. The van der Waals surface area contributed by atoms with Crippen LogP contribution in [0.2, 0.25) is 5.02 Å². The highest BCUT2D eigenvalue weighted by atomic mass is 79.9. The summed E-state index contributed by atoms with van der Waals surface area (Å²) in [7, 11) is 0. The molecule has 1 N–H and O–H groups in total. The summed E-state index contributed by atoms with van der Waals surface area (Å²) >= 11 is 15.1. The van der Waals surface area contributed by atoms with E-state index in [1.807, 2.05) is 18.2 Å². The minimum Gasteiger partial charge on any atom is -0.321 e. The Bertz CT molecular complexity index is 599. The highest BCUT2D eigenvalue weighted by Crippen LogP contribution is 2.26. The van der Waals surface area contributed by atoms with E-state index in [9.17, 15) is 4.79 Å². The molecule has 5 heteroatoms. The van der Waals surface area contributed by atoms with E-state index in [1.165, 1.54) is 0 Å².